The average Bonchev–Trinajstić information content (AvgIpc) is 3.40. The Morgan fingerprint density at radius 3 is 2.79 bits per heavy atom. The van der Waals surface area contributed by atoms with Crippen LogP contribution in [0.15, 0.2) is 58.1 Å². The minimum atomic E-state index is 0. The summed E-state index contributed by atoms with van der Waals surface area (Å²) in [4.78, 5) is 9.01. The maximum absolute atomic E-state index is 5.68. The summed E-state index contributed by atoms with van der Waals surface area (Å²) in [6.45, 7) is 4.87. The van der Waals surface area contributed by atoms with Gasteiger partial charge in [-0.15, -0.1) is 24.0 Å². The molecule has 1 aromatic carbocycles. The van der Waals surface area contributed by atoms with Crippen LogP contribution in [0.25, 0.3) is 11.6 Å². The van der Waals surface area contributed by atoms with Crippen molar-refractivity contribution < 1.29 is 9.15 Å². The minimum Gasteiger partial charge on any atom is -0.494 e. The number of hydrogen-bond acceptors (Lipinski definition) is 5. The molecule has 0 aliphatic carbocycles. The first-order valence-corrected chi connectivity index (χ1v) is 9.50. The quantitative estimate of drug-likeness (QED) is 0.168. The molecule has 0 saturated heterocycles. The van der Waals surface area contributed by atoms with Crippen molar-refractivity contribution in [1.82, 2.24) is 25.8 Å². The maximum Gasteiger partial charge on any atom is 0.216 e. The molecule has 0 spiro atoms. The van der Waals surface area contributed by atoms with E-state index in [1.807, 2.05) is 49.4 Å². The number of benzene rings is 1. The van der Waals surface area contributed by atoms with Crippen LogP contribution in [0.2, 0.25) is 0 Å². The first-order chi connectivity index (χ1) is 13.8. The smallest absolute Gasteiger partial charge is 0.216 e. The first-order valence-electron chi connectivity index (χ1n) is 9.50. The van der Waals surface area contributed by atoms with Gasteiger partial charge in [0.2, 0.25) is 5.82 Å². The van der Waals surface area contributed by atoms with Gasteiger partial charge in [-0.2, -0.15) is 5.10 Å². The molecule has 8 nitrogen and oxygen atoms in total. The molecule has 0 fully saturated rings. The van der Waals surface area contributed by atoms with Gasteiger partial charge in [0, 0.05) is 32.5 Å². The number of nitrogens with zero attached hydrogens (tertiary/aromatic N) is 3. The highest BCUT2D eigenvalue weighted by atomic mass is 127. The highest BCUT2D eigenvalue weighted by Crippen LogP contribution is 2.14. The number of nitrogens with one attached hydrogen (secondary N) is 3. The molecule has 0 amide bonds. The number of H-pyrrole nitrogens is 1. The van der Waals surface area contributed by atoms with Gasteiger partial charge >= 0.3 is 0 Å². The normalized spacial score (nSPS) is 11.0. The number of hydrogen-bond donors (Lipinski definition) is 3. The SMILES string of the molecule is CCNC(=NCCCOc1ccccc1)NCCc1nc(-c2ccco2)n[nH]1.I. The lowest BCUT2D eigenvalue weighted by atomic mass is 10.3. The van der Waals surface area contributed by atoms with Crippen LogP contribution in [-0.2, 0) is 6.42 Å². The Morgan fingerprint density at radius 2 is 2.03 bits per heavy atom. The second-order valence-corrected chi connectivity index (χ2v) is 6.04. The van der Waals surface area contributed by atoms with Crippen LogP contribution in [0.4, 0.5) is 0 Å². The number of para-hydroxylation sites is 1. The molecule has 29 heavy (non-hydrogen) atoms. The van der Waals surface area contributed by atoms with Crippen LogP contribution >= 0.6 is 24.0 Å². The summed E-state index contributed by atoms with van der Waals surface area (Å²) in [5, 5.41) is 13.7. The topological polar surface area (TPSA) is 100 Å². The number of furan rings is 1. The first kappa shape index (κ1) is 22.7. The van der Waals surface area contributed by atoms with Crippen LogP contribution in [-0.4, -0.2) is 47.4 Å². The third-order valence-electron chi connectivity index (χ3n) is 3.86. The molecule has 0 aliphatic heterocycles. The number of halogens is 1. The highest BCUT2D eigenvalue weighted by Gasteiger charge is 2.08. The average molecular weight is 510 g/mol. The van der Waals surface area contributed by atoms with Gasteiger partial charge in [0.1, 0.15) is 11.6 Å². The van der Waals surface area contributed by atoms with E-state index in [-0.39, 0.29) is 24.0 Å². The summed E-state index contributed by atoms with van der Waals surface area (Å²) < 4.78 is 11.0. The third-order valence-corrected chi connectivity index (χ3v) is 3.86. The Hall–Kier alpha value is -2.56. The number of guanidine groups is 1. The minimum absolute atomic E-state index is 0. The lowest BCUT2D eigenvalue weighted by Gasteiger charge is -2.10. The molecule has 2 aromatic heterocycles. The van der Waals surface area contributed by atoms with Crippen molar-refractivity contribution in [2.24, 2.45) is 4.99 Å². The molecular weight excluding hydrogens is 483 g/mol. The van der Waals surface area contributed by atoms with Crippen molar-refractivity contribution in [2.75, 3.05) is 26.2 Å². The molecular formula is C20H27IN6O2. The number of aromatic amines is 1. The van der Waals surface area contributed by atoms with Crippen LogP contribution < -0.4 is 15.4 Å². The second-order valence-electron chi connectivity index (χ2n) is 6.04. The lowest BCUT2D eigenvalue weighted by molar-refractivity contribution is 0.313. The maximum atomic E-state index is 5.68. The van der Waals surface area contributed by atoms with E-state index in [2.05, 4.69) is 30.8 Å². The Labute approximate surface area is 187 Å². The van der Waals surface area contributed by atoms with E-state index in [4.69, 9.17) is 9.15 Å². The van der Waals surface area contributed by atoms with Crippen LogP contribution in [0.1, 0.15) is 19.2 Å². The van der Waals surface area contributed by atoms with Crippen LogP contribution in [0, 0.1) is 0 Å². The monoisotopic (exact) mass is 510 g/mol. The fourth-order valence-electron chi connectivity index (χ4n) is 2.53. The van der Waals surface area contributed by atoms with Crippen molar-refractivity contribution in [1.29, 1.82) is 0 Å². The summed E-state index contributed by atoms with van der Waals surface area (Å²) in [6.07, 6.45) is 3.16. The van der Waals surface area contributed by atoms with Crippen LogP contribution in [0.5, 0.6) is 5.75 Å². The summed E-state index contributed by atoms with van der Waals surface area (Å²) >= 11 is 0. The van der Waals surface area contributed by atoms with E-state index in [9.17, 15) is 0 Å². The largest absolute Gasteiger partial charge is 0.494 e. The summed E-state index contributed by atoms with van der Waals surface area (Å²) in [6, 6.07) is 13.5. The Morgan fingerprint density at radius 1 is 1.17 bits per heavy atom. The molecule has 9 heteroatoms. The van der Waals surface area contributed by atoms with Gasteiger partial charge in [-0.1, -0.05) is 18.2 Å². The van der Waals surface area contributed by atoms with Crippen molar-refractivity contribution in [3.05, 3.63) is 54.6 Å². The van der Waals surface area contributed by atoms with E-state index in [1.54, 1.807) is 6.26 Å². The molecule has 0 radical (unpaired) electrons. The van der Waals surface area contributed by atoms with Gasteiger partial charge < -0.3 is 19.8 Å². The van der Waals surface area contributed by atoms with Gasteiger partial charge in [0.05, 0.1) is 12.9 Å². The van der Waals surface area contributed by atoms with Gasteiger partial charge in [-0.3, -0.25) is 10.1 Å². The van der Waals surface area contributed by atoms with Crippen LogP contribution in [0.3, 0.4) is 0 Å². The van der Waals surface area contributed by atoms with E-state index in [0.717, 1.165) is 30.5 Å². The van der Waals surface area contributed by atoms with Gasteiger partial charge in [-0.25, -0.2) is 4.98 Å². The van der Waals surface area contributed by atoms with E-state index < -0.39 is 0 Å². The Balaban J connectivity index is 0.00000300. The molecule has 0 unspecified atom stereocenters. The van der Waals surface area contributed by atoms with Crippen molar-refractivity contribution in [3.8, 4) is 17.3 Å². The summed E-state index contributed by atoms with van der Waals surface area (Å²) in [5.41, 5.74) is 0. The Bertz CT molecular complexity index is 836. The van der Waals surface area contributed by atoms with Crippen molar-refractivity contribution in [3.63, 3.8) is 0 Å². The predicted octanol–water partition coefficient (Wildman–Crippen LogP) is 3.25. The van der Waals surface area contributed by atoms with Gasteiger partial charge in [-0.05, 0) is 31.2 Å². The predicted molar refractivity (Wildman–Crippen MR) is 124 cm³/mol. The number of aliphatic imine (C=N–C) groups is 1. The second kappa shape index (κ2) is 12.8. The summed E-state index contributed by atoms with van der Waals surface area (Å²) in [7, 11) is 0. The fourth-order valence-corrected chi connectivity index (χ4v) is 2.53. The Kier molecular flexibility index (Phi) is 10.0. The van der Waals surface area contributed by atoms with Crippen molar-refractivity contribution >= 4 is 29.9 Å². The zero-order valence-electron chi connectivity index (χ0n) is 16.4. The van der Waals surface area contributed by atoms with Gasteiger partial charge in [0.25, 0.3) is 0 Å². The van der Waals surface area contributed by atoms with E-state index in [0.29, 0.717) is 37.7 Å². The zero-order valence-corrected chi connectivity index (χ0v) is 18.8. The molecule has 156 valence electrons. The number of rotatable bonds is 10. The van der Waals surface area contributed by atoms with Crippen molar-refractivity contribution in [2.45, 2.75) is 19.8 Å². The van der Waals surface area contributed by atoms with E-state index >= 15 is 0 Å². The number of ether oxygens (including phenoxy) is 1. The molecule has 0 aliphatic rings. The molecule has 3 aromatic rings. The molecule has 0 bridgehead atoms. The summed E-state index contributed by atoms with van der Waals surface area (Å²) in [5.74, 6) is 3.69. The van der Waals surface area contributed by atoms with E-state index in [1.165, 1.54) is 0 Å². The molecule has 0 atom stereocenters. The fraction of sp³-hybridized carbons (Fsp3) is 0.350. The molecule has 3 N–H and O–H groups in total. The zero-order chi connectivity index (χ0) is 19.4. The third kappa shape index (κ3) is 7.76. The molecule has 2 heterocycles. The number of aromatic nitrogens is 3. The molecule has 0 saturated carbocycles. The van der Waals surface area contributed by atoms with Gasteiger partial charge in [0.15, 0.2) is 11.7 Å². The standard InChI is InChI=1S/C20H26N6O2.HI/c1-2-21-20(22-12-7-15-27-16-8-4-3-5-9-16)23-13-11-18-24-19(26-25-18)17-10-6-14-28-17;/h3-6,8-10,14H,2,7,11-13,15H2,1H3,(H2,21,22,23)(H,24,25,26);1H. The molecule has 3 rings (SSSR count). The lowest BCUT2D eigenvalue weighted by Crippen LogP contribution is -2.38. The highest BCUT2D eigenvalue weighted by molar-refractivity contribution is 14.0.